The molecule has 22 heavy (non-hydrogen) atoms. The van der Waals surface area contributed by atoms with Crippen molar-refractivity contribution >= 4 is 28.9 Å². The van der Waals surface area contributed by atoms with E-state index in [4.69, 9.17) is 5.11 Å². The van der Waals surface area contributed by atoms with E-state index >= 15 is 0 Å². The van der Waals surface area contributed by atoms with E-state index < -0.39 is 11.4 Å². The van der Waals surface area contributed by atoms with E-state index in [1.165, 1.54) is 13.8 Å². The molecule has 2 rings (SSSR count). The molecule has 0 aliphatic rings. The number of carbonyl (C=O) groups excluding carboxylic acids is 1. The highest BCUT2D eigenvalue weighted by Gasteiger charge is 2.30. The third-order valence-electron chi connectivity index (χ3n) is 3.24. The van der Waals surface area contributed by atoms with E-state index in [-0.39, 0.29) is 12.3 Å². The summed E-state index contributed by atoms with van der Waals surface area (Å²) in [5.41, 5.74) is 1.33. The van der Waals surface area contributed by atoms with Gasteiger partial charge in [-0.2, -0.15) is 0 Å². The van der Waals surface area contributed by atoms with Gasteiger partial charge in [0, 0.05) is 23.1 Å². The maximum absolute atomic E-state index is 12.0. The number of aliphatic carboxylic acids is 1. The Kier molecular flexibility index (Phi) is 4.61. The van der Waals surface area contributed by atoms with E-state index in [0.29, 0.717) is 5.69 Å². The molecule has 0 atom stereocenters. The van der Waals surface area contributed by atoms with Gasteiger partial charge in [0.2, 0.25) is 5.91 Å². The van der Waals surface area contributed by atoms with Gasteiger partial charge in [0.1, 0.15) is 0 Å². The molecule has 1 aromatic carbocycles. The van der Waals surface area contributed by atoms with Gasteiger partial charge in [-0.25, -0.2) is 4.98 Å². The van der Waals surface area contributed by atoms with E-state index in [1.807, 2.05) is 30.5 Å². The van der Waals surface area contributed by atoms with Crippen LogP contribution in [0.4, 0.5) is 5.69 Å². The van der Waals surface area contributed by atoms with Crippen molar-refractivity contribution in [1.82, 2.24) is 4.98 Å². The second kappa shape index (κ2) is 6.27. The highest BCUT2D eigenvalue weighted by Crippen LogP contribution is 2.25. The molecule has 1 amide bonds. The number of carbonyl (C=O) groups is 2. The van der Waals surface area contributed by atoms with Crippen LogP contribution in [0.1, 0.15) is 25.3 Å². The highest BCUT2D eigenvalue weighted by molar-refractivity contribution is 7.09. The third-order valence-corrected chi connectivity index (χ3v) is 4.02. The van der Waals surface area contributed by atoms with Gasteiger partial charge in [-0.3, -0.25) is 9.59 Å². The average molecular weight is 318 g/mol. The summed E-state index contributed by atoms with van der Waals surface area (Å²) in [4.78, 5) is 27.5. The fraction of sp³-hybridized carbons (Fsp3) is 0.312. The van der Waals surface area contributed by atoms with Crippen molar-refractivity contribution in [1.29, 1.82) is 0 Å². The van der Waals surface area contributed by atoms with Crippen molar-refractivity contribution in [3.63, 3.8) is 0 Å². The lowest BCUT2D eigenvalue weighted by Crippen LogP contribution is -2.29. The molecule has 1 heterocycles. The average Bonchev–Trinajstić information content (AvgIpc) is 2.85. The van der Waals surface area contributed by atoms with Gasteiger partial charge in [0.15, 0.2) is 0 Å². The van der Waals surface area contributed by atoms with E-state index in [2.05, 4.69) is 10.3 Å². The van der Waals surface area contributed by atoms with Crippen LogP contribution in [0.5, 0.6) is 0 Å². The molecule has 2 N–H and O–H groups in total. The fourth-order valence-electron chi connectivity index (χ4n) is 1.93. The van der Waals surface area contributed by atoms with Crippen LogP contribution in [-0.2, 0) is 9.59 Å². The fourth-order valence-corrected chi connectivity index (χ4v) is 2.56. The molecule has 0 fully saturated rings. The molecule has 0 spiro atoms. The number of amides is 1. The number of carboxylic acid groups (broad SMARTS) is 1. The number of aryl methyl sites for hydroxylation is 1. The second-order valence-electron chi connectivity index (χ2n) is 5.75. The number of anilines is 1. The van der Waals surface area contributed by atoms with Crippen LogP contribution in [0.25, 0.3) is 11.3 Å². The van der Waals surface area contributed by atoms with Gasteiger partial charge in [0.05, 0.1) is 16.1 Å². The van der Waals surface area contributed by atoms with Crippen molar-refractivity contribution in [3.05, 3.63) is 34.7 Å². The van der Waals surface area contributed by atoms with Crippen LogP contribution in [0.2, 0.25) is 0 Å². The highest BCUT2D eigenvalue weighted by atomic mass is 32.1. The van der Waals surface area contributed by atoms with Crippen LogP contribution in [0, 0.1) is 12.3 Å². The van der Waals surface area contributed by atoms with Gasteiger partial charge >= 0.3 is 5.97 Å². The molecule has 0 saturated carbocycles. The van der Waals surface area contributed by atoms with Crippen LogP contribution < -0.4 is 5.32 Å². The summed E-state index contributed by atoms with van der Waals surface area (Å²) < 4.78 is 0. The number of carboxylic acids is 1. The summed E-state index contributed by atoms with van der Waals surface area (Å²) in [6.07, 6.45) is -0.0810. The maximum Gasteiger partial charge on any atom is 0.309 e. The van der Waals surface area contributed by atoms with Crippen LogP contribution in [0.3, 0.4) is 0 Å². The van der Waals surface area contributed by atoms with Gasteiger partial charge in [0.25, 0.3) is 0 Å². The summed E-state index contributed by atoms with van der Waals surface area (Å²) in [7, 11) is 0. The minimum Gasteiger partial charge on any atom is -0.481 e. The summed E-state index contributed by atoms with van der Waals surface area (Å²) in [5, 5.41) is 14.7. The predicted octanol–water partition coefficient (Wildman–Crippen LogP) is 3.56. The Morgan fingerprint density at radius 1 is 1.36 bits per heavy atom. The number of benzene rings is 1. The lowest BCUT2D eigenvalue weighted by Gasteiger charge is -2.18. The number of rotatable bonds is 5. The first kappa shape index (κ1) is 16.2. The minimum absolute atomic E-state index is 0.0810. The second-order valence-corrected chi connectivity index (χ2v) is 6.81. The first-order chi connectivity index (χ1) is 10.3. The van der Waals surface area contributed by atoms with E-state index in [9.17, 15) is 9.59 Å². The molecule has 2 aromatic rings. The van der Waals surface area contributed by atoms with Crippen molar-refractivity contribution in [2.45, 2.75) is 27.2 Å². The molecule has 0 radical (unpaired) electrons. The van der Waals surface area contributed by atoms with E-state index in [1.54, 1.807) is 17.4 Å². The quantitative estimate of drug-likeness (QED) is 0.883. The van der Waals surface area contributed by atoms with Crippen LogP contribution in [-0.4, -0.2) is 22.0 Å². The van der Waals surface area contributed by atoms with Crippen molar-refractivity contribution in [2.24, 2.45) is 5.41 Å². The Labute approximate surface area is 133 Å². The molecular formula is C16H18N2O3S. The number of thiazole rings is 1. The molecule has 116 valence electrons. The molecular weight excluding hydrogens is 300 g/mol. The van der Waals surface area contributed by atoms with Crippen LogP contribution in [0.15, 0.2) is 29.6 Å². The minimum atomic E-state index is -1.09. The third kappa shape index (κ3) is 3.92. The largest absolute Gasteiger partial charge is 0.481 e. The number of nitrogens with one attached hydrogen (secondary N) is 1. The van der Waals surface area contributed by atoms with Crippen molar-refractivity contribution < 1.29 is 14.7 Å². The van der Waals surface area contributed by atoms with Gasteiger partial charge < -0.3 is 10.4 Å². The van der Waals surface area contributed by atoms with Gasteiger partial charge in [-0.1, -0.05) is 12.1 Å². The SMILES string of the molecule is Cc1nc(-c2cccc(NC(=O)CC(C)(C)C(=O)O)c2)cs1. The first-order valence-electron chi connectivity index (χ1n) is 6.84. The van der Waals surface area contributed by atoms with E-state index in [0.717, 1.165) is 16.3 Å². The molecule has 0 aliphatic carbocycles. The molecule has 1 aromatic heterocycles. The zero-order valence-corrected chi connectivity index (χ0v) is 13.5. The Balaban J connectivity index is 2.11. The van der Waals surface area contributed by atoms with Crippen molar-refractivity contribution in [2.75, 3.05) is 5.32 Å². The van der Waals surface area contributed by atoms with Gasteiger partial charge in [-0.15, -0.1) is 11.3 Å². The van der Waals surface area contributed by atoms with Crippen LogP contribution >= 0.6 is 11.3 Å². The summed E-state index contributed by atoms with van der Waals surface area (Å²) in [6, 6.07) is 7.36. The monoisotopic (exact) mass is 318 g/mol. The van der Waals surface area contributed by atoms with Crippen molar-refractivity contribution in [3.8, 4) is 11.3 Å². The Morgan fingerprint density at radius 2 is 2.09 bits per heavy atom. The Morgan fingerprint density at radius 3 is 2.68 bits per heavy atom. The Bertz CT molecular complexity index is 707. The smallest absolute Gasteiger partial charge is 0.309 e. The molecule has 6 heteroatoms. The summed E-state index contributed by atoms with van der Waals surface area (Å²) in [6.45, 7) is 5.00. The molecule has 0 aliphatic heterocycles. The zero-order chi connectivity index (χ0) is 16.3. The summed E-state index contributed by atoms with van der Waals surface area (Å²) in [5.74, 6) is -1.31. The van der Waals surface area contributed by atoms with Gasteiger partial charge in [-0.05, 0) is 32.9 Å². The number of nitrogens with zero attached hydrogens (tertiary/aromatic N) is 1. The Hall–Kier alpha value is -2.21. The lowest BCUT2D eigenvalue weighted by atomic mass is 9.89. The number of aromatic nitrogens is 1. The maximum atomic E-state index is 12.0. The normalized spacial score (nSPS) is 11.2. The summed E-state index contributed by atoms with van der Waals surface area (Å²) >= 11 is 1.57. The molecule has 0 saturated heterocycles. The zero-order valence-electron chi connectivity index (χ0n) is 12.7. The lowest BCUT2D eigenvalue weighted by molar-refractivity contribution is -0.148. The molecule has 0 bridgehead atoms. The molecule has 0 unspecified atom stereocenters. The predicted molar refractivity (Wildman–Crippen MR) is 87.0 cm³/mol. The number of hydrogen-bond acceptors (Lipinski definition) is 4. The first-order valence-corrected chi connectivity index (χ1v) is 7.72. The topological polar surface area (TPSA) is 79.3 Å². The standard InChI is InChI=1S/C16H18N2O3S/c1-10-17-13(9-22-10)11-5-4-6-12(7-11)18-14(19)8-16(2,3)15(20)21/h4-7,9H,8H2,1-3H3,(H,18,19)(H,20,21). The number of hydrogen-bond donors (Lipinski definition) is 2. The molecule has 5 nitrogen and oxygen atoms in total.